The smallest absolute Gasteiger partial charge is 0.317 e. The van der Waals surface area contributed by atoms with Crippen LogP contribution in [0.1, 0.15) is 0 Å². The third-order valence-corrected chi connectivity index (χ3v) is 2.65. The van der Waals surface area contributed by atoms with Crippen molar-refractivity contribution in [1.29, 1.82) is 0 Å². The average molecular weight is 267 g/mol. The van der Waals surface area contributed by atoms with E-state index in [1.165, 1.54) is 17.5 Å². The zero-order valence-corrected chi connectivity index (χ0v) is 9.46. The van der Waals surface area contributed by atoms with Gasteiger partial charge in [0, 0.05) is 11.6 Å². The second kappa shape index (κ2) is 4.71. The Morgan fingerprint density at radius 1 is 1.17 bits per heavy atom. The molecule has 0 aromatic carbocycles. The van der Waals surface area contributed by atoms with E-state index in [4.69, 9.17) is 0 Å². The summed E-state index contributed by atoms with van der Waals surface area (Å²) in [5.41, 5.74) is -1.17. The molecule has 0 fully saturated rings. The molecule has 18 heavy (non-hydrogen) atoms. The topological polar surface area (TPSA) is 124 Å². The highest BCUT2D eigenvalue weighted by molar-refractivity contribution is 7.13. The molecule has 0 amide bonds. The molecule has 2 heterocycles. The van der Waals surface area contributed by atoms with Gasteiger partial charge in [0.25, 0.3) is 0 Å². The van der Waals surface area contributed by atoms with Gasteiger partial charge in [0.2, 0.25) is 5.69 Å². The molecule has 0 saturated carbocycles. The van der Waals surface area contributed by atoms with Crippen molar-refractivity contribution in [1.82, 2.24) is 9.97 Å². The molecule has 0 aliphatic rings. The lowest BCUT2D eigenvalue weighted by Crippen LogP contribution is -2.02. The van der Waals surface area contributed by atoms with Crippen molar-refractivity contribution in [2.75, 3.05) is 5.32 Å². The van der Waals surface area contributed by atoms with E-state index in [0.717, 1.165) is 12.4 Å². The number of nitrogens with zero attached hydrogens (tertiary/aromatic N) is 4. The summed E-state index contributed by atoms with van der Waals surface area (Å²) in [4.78, 5) is 27.5. The fraction of sp³-hybridized carbons (Fsp3) is 0. The Morgan fingerprint density at radius 3 is 2.22 bits per heavy atom. The number of anilines is 2. The first-order valence-corrected chi connectivity index (χ1v) is 5.41. The molecule has 2 aromatic heterocycles. The van der Waals surface area contributed by atoms with E-state index in [1.807, 2.05) is 0 Å². The summed E-state index contributed by atoms with van der Waals surface area (Å²) in [5.74, 6) is 0. The highest BCUT2D eigenvalue weighted by atomic mass is 32.1. The van der Waals surface area contributed by atoms with Crippen LogP contribution in [0.2, 0.25) is 0 Å². The zero-order valence-electron chi connectivity index (χ0n) is 8.64. The van der Waals surface area contributed by atoms with Gasteiger partial charge in [-0.2, -0.15) is 0 Å². The highest BCUT2D eigenvalue weighted by Crippen LogP contribution is 2.35. The predicted molar refractivity (Wildman–Crippen MR) is 62.9 cm³/mol. The quantitative estimate of drug-likeness (QED) is 0.664. The van der Waals surface area contributed by atoms with Gasteiger partial charge in [-0.05, 0) is 0 Å². The molecule has 0 saturated heterocycles. The molecule has 0 unspecified atom stereocenters. The Morgan fingerprint density at radius 2 is 1.78 bits per heavy atom. The summed E-state index contributed by atoms with van der Waals surface area (Å²) in [5, 5.41) is 26.2. The Labute approximate surface area is 103 Å². The van der Waals surface area contributed by atoms with Crippen molar-refractivity contribution in [3.63, 3.8) is 0 Å². The predicted octanol–water partition coefficient (Wildman–Crippen LogP) is 2.10. The molecule has 0 aliphatic carbocycles. The lowest BCUT2D eigenvalue weighted by molar-refractivity contribution is -0.392. The SMILES string of the molecule is O=[N+]([O-])c1cncc([N+](=O)[O-])c1Nc1nccs1. The van der Waals surface area contributed by atoms with Crippen LogP contribution in [0.25, 0.3) is 0 Å². The van der Waals surface area contributed by atoms with Crippen molar-refractivity contribution in [2.24, 2.45) is 0 Å². The van der Waals surface area contributed by atoms with Crippen molar-refractivity contribution >= 4 is 33.5 Å². The van der Waals surface area contributed by atoms with Crippen LogP contribution in [0.3, 0.4) is 0 Å². The van der Waals surface area contributed by atoms with Crippen LogP contribution in [0, 0.1) is 20.2 Å². The summed E-state index contributed by atoms with van der Waals surface area (Å²) in [7, 11) is 0. The van der Waals surface area contributed by atoms with Crippen molar-refractivity contribution in [3.05, 3.63) is 44.2 Å². The summed E-state index contributed by atoms with van der Waals surface area (Å²) in [6, 6.07) is 0. The van der Waals surface area contributed by atoms with Crippen LogP contribution >= 0.6 is 11.3 Å². The molecule has 92 valence electrons. The van der Waals surface area contributed by atoms with Gasteiger partial charge < -0.3 is 5.32 Å². The number of nitrogens with one attached hydrogen (secondary N) is 1. The van der Waals surface area contributed by atoms with Gasteiger partial charge in [-0.3, -0.25) is 25.2 Å². The van der Waals surface area contributed by atoms with Crippen LogP contribution in [-0.4, -0.2) is 19.8 Å². The molecular formula is C8H5N5O4S. The molecule has 0 atom stereocenters. The molecule has 10 heteroatoms. The minimum Gasteiger partial charge on any atom is -0.320 e. The number of hydrogen-bond donors (Lipinski definition) is 1. The van der Waals surface area contributed by atoms with Crippen LogP contribution < -0.4 is 5.32 Å². The number of aromatic nitrogens is 2. The minimum absolute atomic E-state index is 0.227. The molecule has 9 nitrogen and oxygen atoms in total. The zero-order chi connectivity index (χ0) is 13.1. The first kappa shape index (κ1) is 11.9. The molecule has 0 bridgehead atoms. The number of rotatable bonds is 4. The number of pyridine rings is 1. The normalized spacial score (nSPS) is 10.0. The first-order valence-electron chi connectivity index (χ1n) is 4.53. The molecular weight excluding hydrogens is 262 g/mol. The summed E-state index contributed by atoms with van der Waals surface area (Å²) < 4.78 is 0. The van der Waals surface area contributed by atoms with E-state index in [2.05, 4.69) is 15.3 Å². The lowest BCUT2D eigenvalue weighted by Gasteiger charge is -2.03. The maximum Gasteiger partial charge on any atom is 0.317 e. The summed E-state index contributed by atoms with van der Waals surface area (Å²) in [6.45, 7) is 0. The summed E-state index contributed by atoms with van der Waals surface area (Å²) in [6.07, 6.45) is 3.37. The molecule has 2 rings (SSSR count). The molecule has 0 aliphatic heterocycles. The van der Waals surface area contributed by atoms with Gasteiger partial charge in [0.1, 0.15) is 12.4 Å². The molecule has 0 radical (unpaired) electrons. The maximum atomic E-state index is 10.8. The minimum atomic E-state index is -0.740. The second-order valence-corrected chi connectivity index (χ2v) is 3.92. The van der Waals surface area contributed by atoms with Gasteiger partial charge in [-0.25, -0.2) is 4.98 Å². The fourth-order valence-electron chi connectivity index (χ4n) is 1.24. The van der Waals surface area contributed by atoms with Crippen molar-refractivity contribution in [2.45, 2.75) is 0 Å². The Hall–Kier alpha value is -2.62. The van der Waals surface area contributed by atoms with Crippen LogP contribution in [0.5, 0.6) is 0 Å². The van der Waals surface area contributed by atoms with E-state index in [0.29, 0.717) is 5.13 Å². The number of nitro groups is 2. The van der Waals surface area contributed by atoms with Crippen molar-refractivity contribution < 1.29 is 9.85 Å². The van der Waals surface area contributed by atoms with E-state index in [1.54, 1.807) is 5.38 Å². The maximum absolute atomic E-state index is 10.8. The van der Waals surface area contributed by atoms with E-state index >= 15 is 0 Å². The van der Waals surface area contributed by atoms with Gasteiger partial charge >= 0.3 is 11.4 Å². The highest BCUT2D eigenvalue weighted by Gasteiger charge is 2.26. The van der Waals surface area contributed by atoms with E-state index in [9.17, 15) is 20.2 Å². The first-order chi connectivity index (χ1) is 8.59. The standard InChI is InChI=1S/C8H5N5O4S/c14-12(15)5-3-9-4-6(13(16)17)7(5)11-8-10-1-2-18-8/h1-4H,(H,9,10,11). The average Bonchev–Trinajstić information content (AvgIpc) is 2.81. The third kappa shape index (κ3) is 2.22. The lowest BCUT2D eigenvalue weighted by atomic mass is 10.3. The Balaban J connectivity index is 2.53. The van der Waals surface area contributed by atoms with Crippen LogP contribution in [-0.2, 0) is 0 Å². The van der Waals surface area contributed by atoms with E-state index < -0.39 is 21.2 Å². The van der Waals surface area contributed by atoms with Gasteiger partial charge in [0.05, 0.1) is 9.85 Å². The monoisotopic (exact) mass is 267 g/mol. The summed E-state index contributed by atoms with van der Waals surface area (Å²) >= 11 is 1.17. The Kier molecular flexibility index (Phi) is 3.10. The Bertz CT molecular complexity index is 567. The molecule has 0 spiro atoms. The molecule has 1 N–H and O–H groups in total. The van der Waals surface area contributed by atoms with Crippen molar-refractivity contribution in [3.8, 4) is 0 Å². The number of thiazole rings is 1. The van der Waals surface area contributed by atoms with Gasteiger partial charge in [-0.15, -0.1) is 11.3 Å². The van der Waals surface area contributed by atoms with Gasteiger partial charge in [0.15, 0.2) is 5.13 Å². The second-order valence-electron chi connectivity index (χ2n) is 3.03. The van der Waals surface area contributed by atoms with E-state index in [-0.39, 0.29) is 5.69 Å². The number of hydrogen-bond acceptors (Lipinski definition) is 8. The molecule has 2 aromatic rings. The van der Waals surface area contributed by atoms with Gasteiger partial charge in [-0.1, -0.05) is 0 Å². The van der Waals surface area contributed by atoms with Crippen LogP contribution in [0.4, 0.5) is 22.2 Å². The largest absolute Gasteiger partial charge is 0.320 e. The fourth-order valence-corrected chi connectivity index (χ4v) is 1.77. The van der Waals surface area contributed by atoms with Crippen LogP contribution in [0.15, 0.2) is 24.0 Å². The third-order valence-electron chi connectivity index (χ3n) is 1.96.